The molecule has 7 nitrogen and oxygen atoms in total. The second kappa shape index (κ2) is 11.9. The van der Waals surface area contributed by atoms with Gasteiger partial charge in [-0.3, -0.25) is 19.7 Å². The van der Waals surface area contributed by atoms with Crippen molar-refractivity contribution >= 4 is 28.9 Å². The van der Waals surface area contributed by atoms with Crippen molar-refractivity contribution in [3.8, 4) is 0 Å². The molecule has 0 saturated heterocycles. The van der Waals surface area contributed by atoms with Crippen molar-refractivity contribution in [2.75, 3.05) is 10.6 Å². The van der Waals surface area contributed by atoms with Gasteiger partial charge >= 0.3 is 0 Å². The number of carbonyl (C=O) groups excluding carboxylic acids is 2. The van der Waals surface area contributed by atoms with Crippen molar-refractivity contribution in [3.05, 3.63) is 135 Å². The van der Waals surface area contributed by atoms with Gasteiger partial charge in [-0.15, -0.1) is 0 Å². The predicted molar refractivity (Wildman–Crippen MR) is 138 cm³/mol. The van der Waals surface area contributed by atoms with Gasteiger partial charge in [-0.2, -0.15) is 0 Å². The Morgan fingerprint density at radius 2 is 1.09 bits per heavy atom. The van der Waals surface area contributed by atoms with Gasteiger partial charge in [0, 0.05) is 34.6 Å². The van der Waals surface area contributed by atoms with E-state index in [0.717, 1.165) is 11.3 Å². The lowest BCUT2D eigenvalue weighted by Gasteiger charge is -2.05. The lowest BCUT2D eigenvalue weighted by molar-refractivity contribution is -0.384. The van der Waals surface area contributed by atoms with E-state index in [9.17, 15) is 19.7 Å². The SMILES string of the molecule is Cc1ccc(NC(=O)c2cccc([N+](=O)[O-])c2)cc1.Cc1ccc(NC(=O)c2ccccc2)cc1. The van der Waals surface area contributed by atoms with E-state index in [0.29, 0.717) is 11.3 Å². The summed E-state index contributed by atoms with van der Waals surface area (Å²) in [5.74, 6) is -0.447. The Balaban J connectivity index is 0.000000198. The summed E-state index contributed by atoms with van der Waals surface area (Å²) in [5, 5.41) is 16.2. The van der Waals surface area contributed by atoms with Crippen molar-refractivity contribution in [2.24, 2.45) is 0 Å². The van der Waals surface area contributed by atoms with Crippen LogP contribution in [0.1, 0.15) is 31.8 Å². The first-order valence-electron chi connectivity index (χ1n) is 10.9. The fraction of sp³-hybridized carbons (Fsp3) is 0.0714. The summed E-state index contributed by atoms with van der Waals surface area (Å²) >= 11 is 0. The number of nitrogens with one attached hydrogen (secondary N) is 2. The lowest BCUT2D eigenvalue weighted by atomic mass is 10.1. The van der Waals surface area contributed by atoms with Crippen LogP contribution in [-0.2, 0) is 0 Å². The van der Waals surface area contributed by atoms with E-state index in [4.69, 9.17) is 0 Å². The Hall–Kier alpha value is -4.78. The van der Waals surface area contributed by atoms with Crippen LogP contribution in [0.15, 0.2) is 103 Å². The summed E-state index contributed by atoms with van der Waals surface area (Å²) in [6.45, 7) is 3.97. The minimum absolute atomic E-state index is 0.0792. The number of carbonyl (C=O) groups is 2. The van der Waals surface area contributed by atoms with Crippen molar-refractivity contribution in [1.29, 1.82) is 0 Å². The molecule has 0 aliphatic rings. The predicted octanol–water partition coefficient (Wildman–Crippen LogP) is 6.40. The van der Waals surface area contributed by atoms with Gasteiger partial charge in [0.15, 0.2) is 0 Å². The van der Waals surface area contributed by atoms with Crippen LogP contribution in [0.5, 0.6) is 0 Å². The molecule has 7 heteroatoms. The van der Waals surface area contributed by atoms with Gasteiger partial charge in [0.05, 0.1) is 4.92 Å². The summed E-state index contributed by atoms with van der Waals surface area (Å²) in [6.07, 6.45) is 0. The van der Waals surface area contributed by atoms with Crippen LogP contribution in [0.25, 0.3) is 0 Å². The quantitative estimate of drug-likeness (QED) is 0.262. The summed E-state index contributed by atoms with van der Waals surface area (Å²) < 4.78 is 0. The monoisotopic (exact) mass is 467 g/mol. The molecule has 4 rings (SSSR count). The number of anilines is 2. The number of amides is 2. The third-order valence-corrected chi connectivity index (χ3v) is 4.97. The molecule has 0 saturated carbocycles. The summed E-state index contributed by atoms with van der Waals surface area (Å²) in [7, 11) is 0. The van der Waals surface area contributed by atoms with Gasteiger partial charge in [-0.25, -0.2) is 0 Å². The van der Waals surface area contributed by atoms with E-state index in [2.05, 4.69) is 10.6 Å². The number of nitro benzene ring substituents is 1. The van der Waals surface area contributed by atoms with Gasteiger partial charge in [0.25, 0.3) is 17.5 Å². The smallest absolute Gasteiger partial charge is 0.270 e. The molecule has 0 aliphatic heterocycles. The number of hydrogen-bond donors (Lipinski definition) is 2. The molecule has 35 heavy (non-hydrogen) atoms. The molecule has 0 bridgehead atoms. The zero-order valence-corrected chi connectivity index (χ0v) is 19.4. The van der Waals surface area contributed by atoms with Crippen LogP contribution in [0, 0.1) is 24.0 Å². The molecule has 4 aromatic carbocycles. The Labute approximate surface area is 203 Å². The third kappa shape index (κ3) is 7.64. The lowest BCUT2D eigenvalue weighted by Crippen LogP contribution is -2.11. The van der Waals surface area contributed by atoms with E-state index >= 15 is 0 Å². The Kier molecular flexibility index (Phi) is 8.45. The van der Waals surface area contributed by atoms with Gasteiger partial charge in [0.1, 0.15) is 0 Å². The number of aryl methyl sites for hydroxylation is 2. The second-order valence-corrected chi connectivity index (χ2v) is 7.81. The van der Waals surface area contributed by atoms with Crippen LogP contribution >= 0.6 is 0 Å². The van der Waals surface area contributed by atoms with E-state index in [-0.39, 0.29) is 23.1 Å². The van der Waals surface area contributed by atoms with Crippen molar-refractivity contribution in [3.63, 3.8) is 0 Å². The fourth-order valence-electron chi connectivity index (χ4n) is 3.03. The first kappa shape index (κ1) is 24.9. The molecule has 2 amide bonds. The van der Waals surface area contributed by atoms with Crippen molar-refractivity contribution in [1.82, 2.24) is 0 Å². The number of benzene rings is 4. The first-order chi connectivity index (χ1) is 16.8. The third-order valence-electron chi connectivity index (χ3n) is 4.97. The largest absolute Gasteiger partial charge is 0.322 e. The summed E-state index contributed by atoms with van der Waals surface area (Å²) in [6, 6.07) is 29.9. The van der Waals surface area contributed by atoms with Gasteiger partial charge in [0.2, 0.25) is 0 Å². The molecule has 0 heterocycles. The second-order valence-electron chi connectivity index (χ2n) is 7.81. The number of rotatable bonds is 5. The number of hydrogen-bond acceptors (Lipinski definition) is 4. The fourth-order valence-corrected chi connectivity index (χ4v) is 3.03. The highest BCUT2D eigenvalue weighted by Gasteiger charge is 2.11. The number of nitro groups is 1. The molecule has 2 N–H and O–H groups in total. The maximum Gasteiger partial charge on any atom is 0.270 e. The molecule has 176 valence electrons. The molecule has 0 atom stereocenters. The molecule has 0 spiro atoms. The Bertz CT molecular complexity index is 1300. The molecule has 4 aromatic rings. The van der Waals surface area contributed by atoms with Gasteiger partial charge in [-0.05, 0) is 56.3 Å². The van der Waals surface area contributed by atoms with Crippen LogP contribution in [-0.4, -0.2) is 16.7 Å². The van der Waals surface area contributed by atoms with E-state index in [1.165, 1.54) is 29.8 Å². The number of non-ortho nitro benzene ring substituents is 1. The standard InChI is InChI=1S/C14H12N2O3.C14H13NO/c1-10-5-7-12(8-6-10)15-14(17)11-3-2-4-13(9-11)16(18)19;1-11-7-9-13(10-8-11)15-14(16)12-5-3-2-4-6-12/h2-9H,1H3,(H,15,17);2-10H,1H3,(H,15,16). The molecule has 0 aliphatic carbocycles. The average molecular weight is 468 g/mol. The number of nitrogens with zero attached hydrogens (tertiary/aromatic N) is 1. The van der Waals surface area contributed by atoms with E-state index in [1.807, 2.05) is 68.4 Å². The van der Waals surface area contributed by atoms with E-state index in [1.54, 1.807) is 24.3 Å². The molecule has 0 unspecified atom stereocenters. The van der Waals surface area contributed by atoms with Gasteiger partial charge < -0.3 is 10.6 Å². The molecular weight excluding hydrogens is 442 g/mol. The maximum absolute atomic E-state index is 11.9. The molecule has 0 fully saturated rings. The minimum atomic E-state index is -0.525. The summed E-state index contributed by atoms with van der Waals surface area (Å²) in [4.78, 5) is 33.8. The minimum Gasteiger partial charge on any atom is -0.322 e. The topological polar surface area (TPSA) is 101 Å². The van der Waals surface area contributed by atoms with E-state index < -0.39 is 4.92 Å². The Morgan fingerprint density at radius 1 is 0.629 bits per heavy atom. The maximum atomic E-state index is 11.9. The summed E-state index contributed by atoms with van der Waals surface area (Å²) in [5.41, 5.74) is 4.57. The normalized spacial score (nSPS) is 9.89. The van der Waals surface area contributed by atoms with Gasteiger partial charge in [-0.1, -0.05) is 59.7 Å². The van der Waals surface area contributed by atoms with Crippen LogP contribution in [0.2, 0.25) is 0 Å². The molecule has 0 radical (unpaired) electrons. The van der Waals surface area contributed by atoms with Crippen LogP contribution < -0.4 is 10.6 Å². The highest BCUT2D eigenvalue weighted by atomic mass is 16.6. The first-order valence-corrected chi connectivity index (χ1v) is 10.9. The molecule has 0 aromatic heterocycles. The highest BCUT2D eigenvalue weighted by Crippen LogP contribution is 2.16. The van der Waals surface area contributed by atoms with Crippen LogP contribution in [0.4, 0.5) is 17.1 Å². The van der Waals surface area contributed by atoms with Crippen LogP contribution in [0.3, 0.4) is 0 Å². The van der Waals surface area contributed by atoms with Crippen molar-refractivity contribution < 1.29 is 14.5 Å². The zero-order chi connectivity index (χ0) is 25.2. The molecular formula is C28H25N3O4. The van der Waals surface area contributed by atoms with Crippen molar-refractivity contribution in [2.45, 2.75) is 13.8 Å². The highest BCUT2D eigenvalue weighted by molar-refractivity contribution is 6.05. The average Bonchev–Trinajstić information content (AvgIpc) is 2.88. The Morgan fingerprint density at radius 3 is 1.57 bits per heavy atom. The zero-order valence-electron chi connectivity index (χ0n) is 19.4.